The Kier molecular flexibility index (Phi) is 5.54. The maximum absolute atomic E-state index is 5.92. The molecule has 0 atom stereocenters. The Bertz CT molecular complexity index is 342. The van der Waals surface area contributed by atoms with E-state index in [0.29, 0.717) is 12.1 Å². The van der Waals surface area contributed by atoms with E-state index in [2.05, 4.69) is 36.5 Å². The Morgan fingerprint density at radius 2 is 1.83 bits per heavy atom. The van der Waals surface area contributed by atoms with Gasteiger partial charge in [0.25, 0.3) is 0 Å². The zero-order valence-electron chi connectivity index (χ0n) is 11.2. The summed E-state index contributed by atoms with van der Waals surface area (Å²) < 4.78 is 0. The number of rotatable bonds is 5. The van der Waals surface area contributed by atoms with Gasteiger partial charge in [-0.05, 0) is 49.1 Å². The predicted octanol–water partition coefficient (Wildman–Crippen LogP) is 3.16. The van der Waals surface area contributed by atoms with Gasteiger partial charge < -0.3 is 11.1 Å². The molecule has 1 aromatic carbocycles. The monoisotopic (exact) mass is 264 g/mol. The first-order chi connectivity index (χ1) is 8.78. The van der Waals surface area contributed by atoms with E-state index in [-0.39, 0.29) is 0 Å². The molecule has 0 unspecified atom stereocenters. The van der Waals surface area contributed by atoms with E-state index in [1.165, 1.54) is 36.1 Å². The van der Waals surface area contributed by atoms with E-state index in [9.17, 15) is 0 Å². The van der Waals surface area contributed by atoms with Crippen LogP contribution in [0.4, 0.5) is 0 Å². The molecule has 3 N–H and O–H groups in total. The van der Waals surface area contributed by atoms with Crippen molar-refractivity contribution in [3.63, 3.8) is 0 Å². The van der Waals surface area contributed by atoms with Gasteiger partial charge in [0, 0.05) is 23.5 Å². The minimum Gasteiger partial charge on any atom is -0.328 e. The number of hydrogen-bond acceptors (Lipinski definition) is 3. The lowest BCUT2D eigenvalue weighted by atomic mass is 9.92. The molecular formula is C15H24N2S. The fourth-order valence-corrected chi connectivity index (χ4v) is 3.12. The van der Waals surface area contributed by atoms with Gasteiger partial charge in [0.05, 0.1) is 0 Å². The smallest absolute Gasteiger partial charge is 0.0208 e. The molecule has 1 aliphatic carbocycles. The fourth-order valence-electron chi connectivity index (χ4n) is 2.46. The van der Waals surface area contributed by atoms with Crippen molar-refractivity contribution >= 4 is 11.8 Å². The quantitative estimate of drug-likeness (QED) is 0.802. The Hall–Kier alpha value is -0.510. The molecular weight excluding hydrogens is 240 g/mol. The summed E-state index contributed by atoms with van der Waals surface area (Å²) >= 11 is 1.90. The van der Waals surface area contributed by atoms with Crippen LogP contribution in [0, 0.1) is 0 Å². The summed E-state index contributed by atoms with van der Waals surface area (Å²) in [4.78, 5) is 1.37. The van der Waals surface area contributed by atoms with Crippen LogP contribution in [0.2, 0.25) is 0 Å². The van der Waals surface area contributed by atoms with Gasteiger partial charge in [-0.1, -0.05) is 19.1 Å². The molecule has 0 amide bonds. The third kappa shape index (κ3) is 4.30. The van der Waals surface area contributed by atoms with Gasteiger partial charge in [-0.25, -0.2) is 0 Å². The van der Waals surface area contributed by atoms with Crippen molar-refractivity contribution in [3.8, 4) is 0 Å². The third-order valence-electron chi connectivity index (χ3n) is 3.60. The van der Waals surface area contributed by atoms with Crippen molar-refractivity contribution in [1.29, 1.82) is 0 Å². The highest BCUT2D eigenvalue weighted by molar-refractivity contribution is 7.99. The van der Waals surface area contributed by atoms with Crippen molar-refractivity contribution < 1.29 is 0 Å². The topological polar surface area (TPSA) is 38.0 Å². The molecule has 1 aromatic rings. The first-order valence-electron chi connectivity index (χ1n) is 6.98. The average molecular weight is 264 g/mol. The maximum Gasteiger partial charge on any atom is 0.0208 e. The number of benzene rings is 1. The number of thioether (sulfide) groups is 1. The molecule has 0 aliphatic heterocycles. The highest BCUT2D eigenvalue weighted by Crippen LogP contribution is 2.19. The standard InChI is InChI=1S/C15H24N2S/c1-2-18-15-9-3-12(4-10-15)11-17-14-7-5-13(16)6-8-14/h3-4,9-10,13-14,17H,2,5-8,11,16H2,1H3. The Labute approximate surface area is 115 Å². The first kappa shape index (κ1) is 13.9. The molecule has 0 bridgehead atoms. The normalized spacial score (nSPS) is 24.1. The lowest BCUT2D eigenvalue weighted by Gasteiger charge is -2.27. The summed E-state index contributed by atoms with van der Waals surface area (Å²) in [5.74, 6) is 1.14. The largest absolute Gasteiger partial charge is 0.328 e. The van der Waals surface area contributed by atoms with Crippen LogP contribution in [-0.2, 0) is 6.54 Å². The average Bonchev–Trinajstić information content (AvgIpc) is 2.40. The molecule has 1 aliphatic rings. The molecule has 100 valence electrons. The zero-order valence-corrected chi connectivity index (χ0v) is 12.0. The van der Waals surface area contributed by atoms with Gasteiger partial charge in [0.15, 0.2) is 0 Å². The Morgan fingerprint density at radius 1 is 1.17 bits per heavy atom. The zero-order chi connectivity index (χ0) is 12.8. The van der Waals surface area contributed by atoms with Gasteiger partial charge in [-0.3, -0.25) is 0 Å². The van der Waals surface area contributed by atoms with E-state index in [1.807, 2.05) is 11.8 Å². The van der Waals surface area contributed by atoms with E-state index in [4.69, 9.17) is 5.73 Å². The van der Waals surface area contributed by atoms with Crippen molar-refractivity contribution in [2.45, 2.75) is 56.1 Å². The molecule has 1 fully saturated rings. The highest BCUT2D eigenvalue weighted by atomic mass is 32.2. The molecule has 2 nitrogen and oxygen atoms in total. The number of nitrogens with one attached hydrogen (secondary N) is 1. The van der Waals surface area contributed by atoms with Gasteiger partial charge >= 0.3 is 0 Å². The lowest BCUT2D eigenvalue weighted by molar-refractivity contribution is 0.342. The van der Waals surface area contributed by atoms with Crippen LogP contribution in [0.25, 0.3) is 0 Å². The Balaban J connectivity index is 1.76. The van der Waals surface area contributed by atoms with E-state index in [0.717, 1.165) is 12.3 Å². The van der Waals surface area contributed by atoms with Gasteiger partial charge in [0.2, 0.25) is 0 Å². The molecule has 1 saturated carbocycles. The Morgan fingerprint density at radius 3 is 2.44 bits per heavy atom. The summed E-state index contributed by atoms with van der Waals surface area (Å²) in [5, 5.41) is 3.65. The minimum absolute atomic E-state index is 0.438. The first-order valence-corrected chi connectivity index (χ1v) is 7.97. The molecule has 0 heterocycles. The number of nitrogens with two attached hydrogens (primary N) is 1. The van der Waals surface area contributed by atoms with Gasteiger partial charge in [-0.15, -0.1) is 11.8 Å². The summed E-state index contributed by atoms with van der Waals surface area (Å²) in [6.07, 6.45) is 4.80. The molecule has 3 heteroatoms. The van der Waals surface area contributed by atoms with Crippen molar-refractivity contribution in [3.05, 3.63) is 29.8 Å². The van der Waals surface area contributed by atoms with Crippen LogP contribution in [0.5, 0.6) is 0 Å². The predicted molar refractivity (Wildman–Crippen MR) is 79.9 cm³/mol. The third-order valence-corrected chi connectivity index (χ3v) is 4.50. The maximum atomic E-state index is 5.92. The van der Waals surface area contributed by atoms with Crippen LogP contribution >= 0.6 is 11.8 Å². The second kappa shape index (κ2) is 7.17. The van der Waals surface area contributed by atoms with Gasteiger partial charge in [0.1, 0.15) is 0 Å². The van der Waals surface area contributed by atoms with Gasteiger partial charge in [-0.2, -0.15) is 0 Å². The highest BCUT2D eigenvalue weighted by Gasteiger charge is 2.17. The van der Waals surface area contributed by atoms with E-state index in [1.54, 1.807) is 0 Å². The molecule has 0 spiro atoms. The van der Waals surface area contributed by atoms with E-state index < -0.39 is 0 Å². The summed E-state index contributed by atoms with van der Waals surface area (Å²) in [6, 6.07) is 10.0. The van der Waals surface area contributed by atoms with Crippen LogP contribution < -0.4 is 11.1 Å². The molecule has 2 rings (SSSR count). The van der Waals surface area contributed by atoms with Crippen molar-refractivity contribution in [2.75, 3.05) is 5.75 Å². The van der Waals surface area contributed by atoms with Crippen LogP contribution in [0.3, 0.4) is 0 Å². The summed E-state index contributed by atoms with van der Waals surface area (Å²) in [6.45, 7) is 3.17. The van der Waals surface area contributed by atoms with Crippen molar-refractivity contribution in [1.82, 2.24) is 5.32 Å². The summed E-state index contributed by atoms with van der Waals surface area (Å²) in [5.41, 5.74) is 7.30. The molecule has 0 aromatic heterocycles. The number of hydrogen-bond donors (Lipinski definition) is 2. The molecule has 0 saturated heterocycles. The lowest BCUT2D eigenvalue weighted by Crippen LogP contribution is -2.36. The van der Waals surface area contributed by atoms with Crippen LogP contribution in [-0.4, -0.2) is 17.8 Å². The minimum atomic E-state index is 0.438. The van der Waals surface area contributed by atoms with Crippen LogP contribution in [0.15, 0.2) is 29.2 Å². The molecule has 18 heavy (non-hydrogen) atoms. The SMILES string of the molecule is CCSc1ccc(CNC2CCC(N)CC2)cc1. The summed E-state index contributed by atoms with van der Waals surface area (Å²) in [7, 11) is 0. The van der Waals surface area contributed by atoms with Crippen LogP contribution in [0.1, 0.15) is 38.2 Å². The van der Waals surface area contributed by atoms with E-state index >= 15 is 0 Å². The second-order valence-corrected chi connectivity index (χ2v) is 6.41. The second-order valence-electron chi connectivity index (χ2n) is 5.07. The van der Waals surface area contributed by atoms with Crippen molar-refractivity contribution in [2.24, 2.45) is 5.73 Å². The fraction of sp³-hybridized carbons (Fsp3) is 0.600. The molecule has 0 radical (unpaired) electrons.